The summed E-state index contributed by atoms with van der Waals surface area (Å²) in [4.78, 5) is 17.5. The van der Waals surface area contributed by atoms with Crippen LogP contribution in [-0.4, -0.2) is 34.6 Å². The zero-order chi connectivity index (χ0) is 16.7. The van der Waals surface area contributed by atoms with E-state index in [0.717, 1.165) is 41.9 Å². The second-order valence-electron chi connectivity index (χ2n) is 6.37. The summed E-state index contributed by atoms with van der Waals surface area (Å²) in [5, 5.41) is 3.22. The SMILES string of the molecule is CN1CCC(n2c(=O)[nH]c3cc(Nc4ccc(F)cc4)ccc32)C1. The van der Waals surface area contributed by atoms with Gasteiger partial charge in [-0.25, -0.2) is 9.18 Å². The standard InChI is InChI=1S/C18H19FN4O/c1-22-9-8-15(11-22)23-17-7-6-14(10-16(17)21-18(23)24)20-13-4-2-12(19)3-5-13/h2-7,10,15,20H,8-9,11H2,1H3,(H,21,24). The number of nitrogens with one attached hydrogen (secondary N) is 2. The van der Waals surface area contributed by atoms with Gasteiger partial charge in [0.05, 0.1) is 17.1 Å². The maximum Gasteiger partial charge on any atom is 0.326 e. The molecular formula is C18H19FN4O. The molecule has 1 aliphatic rings. The van der Waals surface area contributed by atoms with E-state index in [-0.39, 0.29) is 17.5 Å². The van der Waals surface area contributed by atoms with Gasteiger partial charge in [-0.2, -0.15) is 0 Å². The molecule has 0 amide bonds. The molecular weight excluding hydrogens is 307 g/mol. The maximum atomic E-state index is 13.0. The molecule has 1 aromatic heterocycles. The number of imidazole rings is 1. The zero-order valence-electron chi connectivity index (χ0n) is 13.4. The van der Waals surface area contributed by atoms with Crippen molar-refractivity contribution < 1.29 is 4.39 Å². The number of halogens is 1. The molecule has 4 rings (SSSR count). The summed E-state index contributed by atoms with van der Waals surface area (Å²) >= 11 is 0. The number of fused-ring (bicyclic) bond motifs is 1. The second-order valence-corrected chi connectivity index (χ2v) is 6.37. The molecule has 0 saturated carbocycles. The molecule has 1 atom stereocenters. The minimum absolute atomic E-state index is 0.0655. The molecule has 3 aromatic rings. The van der Waals surface area contributed by atoms with Crippen LogP contribution in [0.2, 0.25) is 0 Å². The molecule has 0 aliphatic carbocycles. The van der Waals surface area contributed by atoms with Crippen LogP contribution in [0.25, 0.3) is 11.0 Å². The van der Waals surface area contributed by atoms with Crippen molar-refractivity contribution in [1.82, 2.24) is 14.5 Å². The third-order valence-electron chi connectivity index (χ3n) is 4.58. The van der Waals surface area contributed by atoms with Gasteiger partial charge in [-0.3, -0.25) is 4.57 Å². The first kappa shape index (κ1) is 15.0. The summed E-state index contributed by atoms with van der Waals surface area (Å²) in [6.45, 7) is 1.90. The monoisotopic (exact) mass is 326 g/mol. The number of nitrogens with zero attached hydrogens (tertiary/aromatic N) is 2. The van der Waals surface area contributed by atoms with Crippen LogP contribution in [0.5, 0.6) is 0 Å². The van der Waals surface area contributed by atoms with E-state index in [9.17, 15) is 9.18 Å². The molecule has 0 radical (unpaired) electrons. The maximum absolute atomic E-state index is 13.0. The zero-order valence-corrected chi connectivity index (χ0v) is 13.4. The summed E-state index contributed by atoms with van der Waals surface area (Å²) in [7, 11) is 2.07. The minimum atomic E-state index is -0.265. The fraction of sp³-hybridized carbons (Fsp3) is 0.278. The van der Waals surface area contributed by atoms with Crippen molar-refractivity contribution >= 4 is 22.4 Å². The molecule has 1 unspecified atom stereocenters. The van der Waals surface area contributed by atoms with Crippen LogP contribution < -0.4 is 11.0 Å². The number of H-pyrrole nitrogens is 1. The Hall–Kier alpha value is -2.60. The van der Waals surface area contributed by atoms with Crippen molar-refractivity contribution in [2.75, 3.05) is 25.5 Å². The van der Waals surface area contributed by atoms with Crippen LogP contribution >= 0.6 is 0 Å². The van der Waals surface area contributed by atoms with Crippen LogP contribution in [0.3, 0.4) is 0 Å². The quantitative estimate of drug-likeness (QED) is 0.778. The predicted octanol–water partition coefficient (Wildman–Crippen LogP) is 3.09. The average molecular weight is 326 g/mol. The van der Waals surface area contributed by atoms with Gasteiger partial charge in [-0.15, -0.1) is 0 Å². The molecule has 2 aromatic carbocycles. The Bertz CT molecular complexity index is 928. The molecule has 24 heavy (non-hydrogen) atoms. The van der Waals surface area contributed by atoms with Gasteiger partial charge in [-0.05, 0) is 62.5 Å². The first-order chi connectivity index (χ1) is 11.6. The Morgan fingerprint density at radius 3 is 2.62 bits per heavy atom. The highest BCUT2D eigenvalue weighted by Gasteiger charge is 2.24. The van der Waals surface area contributed by atoms with Gasteiger partial charge in [0.1, 0.15) is 5.82 Å². The Morgan fingerprint density at radius 1 is 1.17 bits per heavy atom. The number of rotatable bonds is 3. The Balaban J connectivity index is 1.67. The number of anilines is 2. The molecule has 5 nitrogen and oxygen atoms in total. The fourth-order valence-corrected chi connectivity index (χ4v) is 3.39. The molecule has 1 aliphatic heterocycles. The highest BCUT2D eigenvalue weighted by Crippen LogP contribution is 2.26. The number of likely N-dealkylation sites (tertiary alicyclic amines) is 1. The lowest BCUT2D eigenvalue weighted by Gasteiger charge is -2.13. The summed E-state index contributed by atoms with van der Waals surface area (Å²) in [5.41, 5.74) is 3.32. The number of hydrogen-bond donors (Lipinski definition) is 2. The van der Waals surface area contributed by atoms with E-state index < -0.39 is 0 Å². The average Bonchev–Trinajstić information content (AvgIpc) is 3.11. The first-order valence-corrected chi connectivity index (χ1v) is 8.05. The van der Waals surface area contributed by atoms with Gasteiger partial charge in [0.2, 0.25) is 0 Å². The van der Waals surface area contributed by atoms with Gasteiger partial charge >= 0.3 is 5.69 Å². The number of hydrogen-bond acceptors (Lipinski definition) is 3. The first-order valence-electron chi connectivity index (χ1n) is 8.05. The van der Waals surface area contributed by atoms with Crippen molar-refractivity contribution in [1.29, 1.82) is 0 Å². The second kappa shape index (κ2) is 5.79. The Labute approximate surface area is 138 Å². The number of aromatic nitrogens is 2. The van der Waals surface area contributed by atoms with Crippen molar-refractivity contribution in [3.63, 3.8) is 0 Å². The van der Waals surface area contributed by atoms with Gasteiger partial charge in [0.15, 0.2) is 0 Å². The smallest absolute Gasteiger partial charge is 0.326 e. The third kappa shape index (κ3) is 2.69. The van der Waals surface area contributed by atoms with E-state index in [4.69, 9.17) is 0 Å². The van der Waals surface area contributed by atoms with Crippen LogP contribution in [0.15, 0.2) is 47.3 Å². The third-order valence-corrected chi connectivity index (χ3v) is 4.58. The van der Waals surface area contributed by atoms with Crippen LogP contribution in [-0.2, 0) is 0 Å². The van der Waals surface area contributed by atoms with Crippen molar-refractivity contribution in [2.45, 2.75) is 12.5 Å². The van der Waals surface area contributed by atoms with Crippen LogP contribution in [0.1, 0.15) is 12.5 Å². The Morgan fingerprint density at radius 2 is 1.92 bits per heavy atom. The molecule has 6 heteroatoms. The largest absolute Gasteiger partial charge is 0.355 e. The molecule has 0 bridgehead atoms. The van der Waals surface area contributed by atoms with Gasteiger partial charge in [-0.1, -0.05) is 0 Å². The van der Waals surface area contributed by atoms with E-state index in [2.05, 4.69) is 22.2 Å². The lowest BCUT2D eigenvalue weighted by Crippen LogP contribution is -2.24. The summed E-state index contributed by atoms with van der Waals surface area (Å²) in [6, 6.07) is 12.2. The van der Waals surface area contributed by atoms with Crippen molar-refractivity contribution in [3.8, 4) is 0 Å². The highest BCUT2D eigenvalue weighted by atomic mass is 19.1. The molecule has 1 saturated heterocycles. The van der Waals surface area contributed by atoms with E-state index in [1.54, 1.807) is 12.1 Å². The van der Waals surface area contributed by atoms with Crippen LogP contribution in [0, 0.1) is 5.82 Å². The molecule has 124 valence electrons. The summed E-state index contributed by atoms with van der Waals surface area (Å²) in [6.07, 6.45) is 0.985. The topological polar surface area (TPSA) is 53.1 Å². The Kier molecular flexibility index (Phi) is 3.61. The van der Waals surface area contributed by atoms with Gasteiger partial charge < -0.3 is 15.2 Å². The van der Waals surface area contributed by atoms with Crippen molar-refractivity contribution in [2.24, 2.45) is 0 Å². The predicted molar refractivity (Wildman–Crippen MR) is 93.4 cm³/mol. The summed E-state index contributed by atoms with van der Waals surface area (Å²) < 4.78 is 14.8. The van der Waals surface area contributed by atoms with E-state index in [1.807, 2.05) is 22.8 Å². The highest BCUT2D eigenvalue weighted by molar-refractivity contribution is 5.81. The molecule has 1 fully saturated rings. The lowest BCUT2D eigenvalue weighted by molar-refractivity contribution is 0.392. The normalized spacial score (nSPS) is 18.3. The van der Waals surface area contributed by atoms with Crippen LogP contribution in [0.4, 0.5) is 15.8 Å². The number of benzene rings is 2. The van der Waals surface area contributed by atoms with Crippen molar-refractivity contribution in [3.05, 3.63) is 58.8 Å². The molecule has 2 heterocycles. The molecule has 0 spiro atoms. The minimum Gasteiger partial charge on any atom is -0.355 e. The van der Waals surface area contributed by atoms with E-state index >= 15 is 0 Å². The number of aromatic amines is 1. The van der Waals surface area contributed by atoms with E-state index in [1.165, 1.54) is 12.1 Å². The molecule has 2 N–H and O–H groups in total. The fourth-order valence-electron chi connectivity index (χ4n) is 3.39. The van der Waals surface area contributed by atoms with Gasteiger partial charge in [0.25, 0.3) is 0 Å². The number of likely N-dealkylation sites (N-methyl/N-ethyl adjacent to an activating group) is 1. The van der Waals surface area contributed by atoms with Gasteiger partial charge in [0, 0.05) is 17.9 Å². The van der Waals surface area contributed by atoms with E-state index in [0.29, 0.717) is 0 Å². The lowest BCUT2D eigenvalue weighted by atomic mass is 10.2. The summed E-state index contributed by atoms with van der Waals surface area (Å²) in [5.74, 6) is -0.265.